The summed E-state index contributed by atoms with van der Waals surface area (Å²) in [5.41, 5.74) is 11.4. The van der Waals surface area contributed by atoms with Gasteiger partial charge in [-0.25, -0.2) is 9.97 Å². The summed E-state index contributed by atoms with van der Waals surface area (Å²) in [6, 6.07) is 57.5. The lowest BCUT2D eigenvalue weighted by Gasteiger charge is -2.13. The lowest BCUT2D eigenvalue weighted by molar-refractivity contribution is 0.620. The Hall–Kier alpha value is -6.52. The number of hydrogen-bond donors (Lipinski definition) is 0. The number of hydrogen-bond acceptors (Lipinski definition) is 3. The molecule has 3 heterocycles. The van der Waals surface area contributed by atoms with Crippen molar-refractivity contribution in [1.29, 1.82) is 0 Å². The Kier molecular flexibility index (Phi) is 5.84. The minimum atomic E-state index is 0.631. The topological polar surface area (TPSA) is 43.9 Å². The van der Waals surface area contributed by atoms with Crippen LogP contribution >= 0.6 is 0 Å². The summed E-state index contributed by atoms with van der Waals surface area (Å²) < 4.78 is 8.41. The van der Waals surface area contributed by atoms with Crippen LogP contribution in [0, 0.1) is 0 Å². The maximum Gasteiger partial charge on any atom is 0.227 e. The third kappa shape index (κ3) is 4.16. The molecule has 7 aromatic carbocycles. The number of benzene rings is 7. The van der Waals surface area contributed by atoms with Crippen LogP contribution in [0.5, 0.6) is 0 Å². The number of aromatic nitrogens is 3. The molecule has 0 N–H and O–H groups in total. The van der Waals surface area contributed by atoms with Gasteiger partial charge in [0.15, 0.2) is 5.58 Å². The third-order valence-electron chi connectivity index (χ3n) is 9.40. The molecule has 0 aliphatic carbocycles. The van der Waals surface area contributed by atoms with Crippen molar-refractivity contribution < 1.29 is 4.42 Å². The van der Waals surface area contributed by atoms with E-state index < -0.39 is 0 Å². The highest BCUT2D eigenvalue weighted by atomic mass is 16.3. The number of para-hydroxylation sites is 4. The summed E-state index contributed by atoms with van der Waals surface area (Å²) >= 11 is 0. The fourth-order valence-electron chi connectivity index (χ4n) is 7.13. The molecule has 224 valence electrons. The molecule has 10 rings (SSSR count). The highest BCUT2D eigenvalue weighted by molar-refractivity contribution is 6.20. The van der Waals surface area contributed by atoms with Crippen molar-refractivity contribution in [2.24, 2.45) is 0 Å². The lowest BCUT2D eigenvalue weighted by Crippen LogP contribution is -1.95. The van der Waals surface area contributed by atoms with Gasteiger partial charge in [0.05, 0.1) is 22.2 Å². The maximum atomic E-state index is 6.02. The van der Waals surface area contributed by atoms with Gasteiger partial charge in [0, 0.05) is 38.4 Å². The van der Waals surface area contributed by atoms with Crippen LogP contribution in [0.2, 0.25) is 0 Å². The molecule has 3 aromatic heterocycles. The Morgan fingerprint density at radius 2 is 1.10 bits per heavy atom. The van der Waals surface area contributed by atoms with Gasteiger partial charge in [-0.1, -0.05) is 103 Å². The van der Waals surface area contributed by atoms with Crippen LogP contribution in [0.3, 0.4) is 0 Å². The van der Waals surface area contributed by atoms with Crippen molar-refractivity contribution in [2.45, 2.75) is 0 Å². The third-order valence-corrected chi connectivity index (χ3v) is 9.40. The van der Waals surface area contributed by atoms with E-state index in [1.807, 2.05) is 24.3 Å². The summed E-state index contributed by atoms with van der Waals surface area (Å²) in [6.45, 7) is 0. The summed E-state index contributed by atoms with van der Waals surface area (Å²) in [4.78, 5) is 9.89. The van der Waals surface area contributed by atoms with E-state index in [0.717, 1.165) is 66.5 Å². The molecule has 48 heavy (non-hydrogen) atoms. The molecular weight excluding hydrogens is 587 g/mol. The Balaban J connectivity index is 1.16. The molecule has 4 nitrogen and oxygen atoms in total. The van der Waals surface area contributed by atoms with Crippen molar-refractivity contribution in [2.75, 3.05) is 0 Å². The quantitative estimate of drug-likeness (QED) is 0.186. The first-order valence-electron chi connectivity index (χ1n) is 16.2. The number of pyridine rings is 1. The zero-order valence-electron chi connectivity index (χ0n) is 25.8. The molecule has 0 saturated carbocycles. The molecule has 10 aromatic rings. The van der Waals surface area contributed by atoms with Gasteiger partial charge in [-0.15, -0.1) is 0 Å². The molecule has 0 spiro atoms. The first-order chi connectivity index (χ1) is 23.8. The van der Waals surface area contributed by atoms with Crippen LogP contribution in [0.4, 0.5) is 0 Å². The smallest absolute Gasteiger partial charge is 0.227 e. The average molecular weight is 614 g/mol. The largest absolute Gasteiger partial charge is 0.436 e. The Morgan fingerprint density at radius 3 is 1.96 bits per heavy atom. The van der Waals surface area contributed by atoms with Gasteiger partial charge in [0.25, 0.3) is 0 Å². The predicted octanol–water partition coefficient (Wildman–Crippen LogP) is 11.6. The second-order valence-corrected chi connectivity index (χ2v) is 12.2. The molecule has 0 fully saturated rings. The van der Waals surface area contributed by atoms with Crippen molar-refractivity contribution >= 4 is 54.6 Å². The predicted molar refractivity (Wildman–Crippen MR) is 197 cm³/mol. The fraction of sp³-hybridized carbons (Fsp3) is 0. The molecular formula is C44H27N3O. The second kappa shape index (κ2) is 10.5. The van der Waals surface area contributed by atoms with Gasteiger partial charge in [-0.05, 0) is 77.2 Å². The van der Waals surface area contributed by atoms with E-state index in [9.17, 15) is 0 Å². The Morgan fingerprint density at radius 1 is 0.396 bits per heavy atom. The van der Waals surface area contributed by atoms with E-state index >= 15 is 0 Å². The summed E-state index contributed by atoms with van der Waals surface area (Å²) in [7, 11) is 0. The SMILES string of the molecule is c1ccc(-c2nc3ccccc3c3cc4c5ccccc5n(-c5cccc(-c6ccc(-c7nc8ccccc8o7)cc6)c5)c4cc23)cc1. The summed E-state index contributed by atoms with van der Waals surface area (Å²) in [5, 5.41) is 5.96. The monoisotopic (exact) mass is 613 g/mol. The van der Waals surface area contributed by atoms with Gasteiger partial charge >= 0.3 is 0 Å². The molecule has 0 aliphatic rings. The van der Waals surface area contributed by atoms with E-state index in [0.29, 0.717) is 5.89 Å². The van der Waals surface area contributed by atoms with E-state index in [1.54, 1.807) is 0 Å². The Labute approximate surface area is 276 Å². The molecule has 0 saturated heterocycles. The molecule has 0 bridgehead atoms. The van der Waals surface area contributed by atoms with Crippen LogP contribution in [0.25, 0.3) is 94.1 Å². The fourth-order valence-corrected chi connectivity index (χ4v) is 7.13. The second-order valence-electron chi connectivity index (χ2n) is 12.2. The molecule has 0 amide bonds. The number of rotatable bonds is 4. The minimum Gasteiger partial charge on any atom is -0.436 e. The average Bonchev–Trinajstić information content (AvgIpc) is 3.74. The number of fused-ring (bicyclic) bond motifs is 7. The first-order valence-corrected chi connectivity index (χ1v) is 16.2. The van der Waals surface area contributed by atoms with Gasteiger partial charge in [0.2, 0.25) is 5.89 Å². The summed E-state index contributed by atoms with van der Waals surface area (Å²) in [6.07, 6.45) is 0. The van der Waals surface area contributed by atoms with E-state index in [4.69, 9.17) is 9.40 Å². The lowest BCUT2D eigenvalue weighted by atomic mass is 9.98. The minimum absolute atomic E-state index is 0.631. The highest BCUT2D eigenvalue weighted by Crippen LogP contribution is 2.40. The summed E-state index contributed by atoms with van der Waals surface area (Å²) in [5.74, 6) is 0.631. The van der Waals surface area contributed by atoms with Gasteiger partial charge in [-0.3, -0.25) is 0 Å². The van der Waals surface area contributed by atoms with E-state index in [-0.39, 0.29) is 0 Å². The van der Waals surface area contributed by atoms with Crippen LogP contribution in [-0.2, 0) is 0 Å². The molecule has 0 atom stereocenters. The van der Waals surface area contributed by atoms with Crippen molar-refractivity contribution in [3.8, 4) is 39.5 Å². The zero-order valence-corrected chi connectivity index (χ0v) is 25.8. The molecule has 0 aliphatic heterocycles. The van der Waals surface area contributed by atoms with Gasteiger partial charge in [0.1, 0.15) is 5.52 Å². The molecule has 0 unspecified atom stereocenters. The van der Waals surface area contributed by atoms with Crippen LogP contribution < -0.4 is 0 Å². The van der Waals surface area contributed by atoms with E-state index in [2.05, 4.69) is 149 Å². The van der Waals surface area contributed by atoms with Crippen molar-refractivity contribution in [1.82, 2.24) is 14.5 Å². The number of nitrogens with zero attached hydrogens (tertiary/aromatic N) is 3. The van der Waals surface area contributed by atoms with Gasteiger partial charge < -0.3 is 8.98 Å². The Bertz CT molecular complexity index is 2790. The maximum absolute atomic E-state index is 6.02. The number of oxazole rings is 1. The normalized spacial score (nSPS) is 11.8. The zero-order chi connectivity index (χ0) is 31.6. The first kappa shape index (κ1) is 26.7. The van der Waals surface area contributed by atoms with Crippen LogP contribution in [0.15, 0.2) is 168 Å². The van der Waals surface area contributed by atoms with Crippen molar-refractivity contribution in [3.05, 3.63) is 164 Å². The highest BCUT2D eigenvalue weighted by Gasteiger charge is 2.18. The molecule has 0 radical (unpaired) electrons. The van der Waals surface area contributed by atoms with Crippen LogP contribution in [-0.4, -0.2) is 14.5 Å². The van der Waals surface area contributed by atoms with E-state index in [1.165, 1.54) is 21.7 Å². The van der Waals surface area contributed by atoms with Crippen LogP contribution in [0.1, 0.15) is 0 Å². The van der Waals surface area contributed by atoms with Gasteiger partial charge in [-0.2, -0.15) is 0 Å². The molecule has 4 heteroatoms. The standard InChI is InChI=1S/C44H27N3O/c1-2-11-29(12-3-1)43-37-27-41-36(26-35(37)33-15-4-6-17-38(33)45-43)34-16-5-8-19-40(34)47(41)32-14-10-13-31(25-32)28-21-23-30(24-22-28)44-46-39-18-7-9-20-42(39)48-44/h1-27H. The van der Waals surface area contributed by atoms with Crippen molar-refractivity contribution in [3.63, 3.8) is 0 Å².